The number of hydrogen-bond acceptors (Lipinski definition) is 4. The number of Topliss-reactive ketones (excluding diaryl/α,β-unsaturated/α-hetero) is 2. The second-order valence-corrected chi connectivity index (χ2v) is 6.76. The minimum absolute atomic E-state index is 0.0568. The number of rotatable bonds is 6. The predicted octanol–water partition coefficient (Wildman–Crippen LogP) is 3.45. The number of anilines is 2. The molecule has 3 rings (SSSR count). The Morgan fingerprint density at radius 3 is 1.81 bits per heavy atom. The molecule has 0 aliphatic heterocycles. The molecule has 2 N–H and O–H groups in total. The van der Waals surface area contributed by atoms with E-state index in [-0.39, 0.29) is 23.4 Å². The Kier molecular flexibility index (Phi) is 4.90. The van der Waals surface area contributed by atoms with Crippen LogP contribution in [0.25, 0.3) is 0 Å². The summed E-state index contributed by atoms with van der Waals surface area (Å²) in [7, 11) is 0. The lowest BCUT2D eigenvalue weighted by molar-refractivity contribution is -0.131. The van der Waals surface area contributed by atoms with Crippen LogP contribution in [0.3, 0.4) is 0 Å². The number of benzene rings is 2. The van der Waals surface area contributed by atoms with Gasteiger partial charge in [0.1, 0.15) is 5.41 Å². The number of amides is 2. The third-order valence-corrected chi connectivity index (χ3v) is 4.70. The molecule has 0 radical (unpaired) electrons. The van der Waals surface area contributed by atoms with Crippen molar-refractivity contribution in [2.75, 3.05) is 10.6 Å². The molecule has 0 spiro atoms. The zero-order valence-electron chi connectivity index (χ0n) is 15.2. The van der Waals surface area contributed by atoms with Crippen molar-refractivity contribution in [3.05, 3.63) is 59.7 Å². The molecular weight excluding hydrogens is 344 g/mol. The van der Waals surface area contributed by atoms with Crippen molar-refractivity contribution < 1.29 is 19.2 Å². The fourth-order valence-corrected chi connectivity index (χ4v) is 2.79. The van der Waals surface area contributed by atoms with Gasteiger partial charge in [0.15, 0.2) is 11.6 Å². The van der Waals surface area contributed by atoms with E-state index < -0.39 is 5.41 Å². The first-order valence-electron chi connectivity index (χ1n) is 8.67. The average Bonchev–Trinajstić information content (AvgIpc) is 3.44. The van der Waals surface area contributed by atoms with Gasteiger partial charge in [-0.15, -0.1) is 0 Å². The number of carbonyl (C=O) groups is 4. The van der Waals surface area contributed by atoms with E-state index in [1.165, 1.54) is 13.8 Å². The highest BCUT2D eigenvalue weighted by molar-refractivity contribution is 6.17. The van der Waals surface area contributed by atoms with Crippen LogP contribution >= 0.6 is 0 Å². The van der Waals surface area contributed by atoms with E-state index in [9.17, 15) is 19.2 Å². The van der Waals surface area contributed by atoms with Gasteiger partial charge >= 0.3 is 0 Å². The summed E-state index contributed by atoms with van der Waals surface area (Å²) in [6.07, 6.45) is 0.922. The van der Waals surface area contributed by atoms with Crippen LogP contribution in [0.4, 0.5) is 11.4 Å². The summed E-state index contributed by atoms with van der Waals surface area (Å²) in [6.45, 7) is 2.92. The largest absolute Gasteiger partial charge is 0.325 e. The first-order chi connectivity index (χ1) is 12.8. The fourth-order valence-electron chi connectivity index (χ4n) is 2.79. The van der Waals surface area contributed by atoms with Crippen LogP contribution in [0, 0.1) is 5.41 Å². The van der Waals surface area contributed by atoms with Crippen molar-refractivity contribution in [3.8, 4) is 0 Å². The highest BCUT2D eigenvalue weighted by Crippen LogP contribution is 2.47. The molecule has 1 fully saturated rings. The van der Waals surface area contributed by atoms with Crippen molar-refractivity contribution in [3.63, 3.8) is 0 Å². The van der Waals surface area contributed by atoms with Crippen LogP contribution in [-0.4, -0.2) is 23.4 Å². The monoisotopic (exact) mass is 364 g/mol. The van der Waals surface area contributed by atoms with Crippen molar-refractivity contribution in [1.29, 1.82) is 0 Å². The number of carbonyl (C=O) groups excluding carboxylic acids is 4. The zero-order chi connectivity index (χ0) is 19.6. The molecule has 0 heterocycles. The highest BCUT2D eigenvalue weighted by Gasteiger charge is 2.56. The van der Waals surface area contributed by atoms with E-state index in [0.29, 0.717) is 35.3 Å². The molecule has 2 aromatic carbocycles. The molecule has 0 aromatic heterocycles. The Morgan fingerprint density at radius 1 is 0.741 bits per heavy atom. The van der Waals surface area contributed by atoms with E-state index in [1.807, 2.05) is 0 Å². The predicted molar refractivity (Wildman–Crippen MR) is 102 cm³/mol. The molecule has 2 aromatic rings. The third-order valence-electron chi connectivity index (χ3n) is 4.70. The topological polar surface area (TPSA) is 92.3 Å². The van der Waals surface area contributed by atoms with Gasteiger partial charge in [-0.2, -0.15) is 0 Å². The summed E-state index contributed by atoms with van der Waals surface area (Å²) in [5.74, 6) is -0.919. The van der Waals surface area contributed by atoms with Crippen LogP contribution in [-0.2, 0) is 9.59 Å². The van der Waals surface area contributed by atoms with Gasteiger partial charge in [0, 0.05) is 22.5 Å². The summed E-state index contributed by atoms with van der Waals surface area (Å²) < 4.78 is 0. The molecule has 6 heteroatoms. The molecule has 0 unspecified atom stereocenters. The smallest absolute Gasteiger partial charge is 0.240 e. The van der Waals surface area contributed by atoms with E-state index >= 15 is 0 Å². The van der Waals surface area contributed by atoms with Crippen LogP contribution in [0.5, 0.6) is 0 Å². The molecule has 0 atom stereocenters. The Bertz CT molecular complexity index is 927. The lowest BCUT2D eigenvalue weighted by Crippen LogP contribution is -2.35. The van der Waals surface area contributed by atoms with Gasteiger partial charge in [0.25, 0.3) is 0 Å². The normalized spacial score (nSPS) is 14.1. The van der Waals surface area contributed by atoms with E-state index in [2.05, 4.69) is 10.6 Å². The van der Waals surface area contributed by atoms with Crippen LogP contribution in [0.2, 0.25) is 0 Å². The Labute approximate surface area is 157 Å². The number of ketones is 2. The molecule has 0 saturated heterocycles. The maximum Gasteiger partial charge on any atom is 0.240 e. The standard InChI is InChI=1S/C21H20N2O4/c1-13(24)15-6-8-17(9-7-15)22-19(26)21(10-11-21)20(27)23-18-5-3-4-16(12-18)14(2)25/h3-9,12H,10-11H2,1-2H3,(H,22,26)(H,23,27). The number of hydrogen-bond donors (Lipinski definition) is 2. The van der Waals surface area contributed by atoms with Gasteiger partial charge in [-0.3, -0.25) is 19.2 Å². The van der Waals surface area contributed by atoms with Crippen molar-refractivity contribution in [2.45, 2.75) is 26.7 Å². The van der Waals surface area contributed by atoms with E-state index in [4.69, 9.17) is 0 Å². The summed E-state index contributed by atoms with van der Waals surface area (Å²) in [6, 6.07) is 13.2. The van der Waals surface area contributed by atoms with Gasteiger partial charge in [-0.05, 0) is 63.1 Å². The Hall–Kier alpha value is -3.28. The third kappa shape index (κ3) is 3.95. The van der Waals surface area contributed by atoms with Crippen LogP contribution < -0.4 is 10.6 Å². The highest BCUT2D eigenvalue weighted by atomic mass is 16.2. The van der Waals surface area contributed by atoms with Gasteiger partial charge in [0.2, 0.25) is 11.8 Å². The Morgan fingerprint density at radius 2 is 1.30 bits per heavy atom. The fraction of sp³-hybridized carbons (Fsp3) is 0.238. The quantitative estimate of drug-likeness (QED) is 0.606. The minimum Gasteiger partial charge on any atom is -0.325 e. The van der Waals surface area contributed by atoms with Gasteiger partial charge in [-0.25, -0.2) is 0 Å². The van der Waals surface area contributed by atoms with Crippen molar-refractivity contribution >= 4 is 34.8 Å². The van der Waals surface area contributed by atoms with Crippen molar-refractivity contribution in [2.24, 2.45) is 5.41 Å². The molecule has 1 saturated carbocycles. The van der Waals surface area contributed by atoms with Crippen molar-refractivity contribution in [1.82, 2.24) is 0 Å². The maximum atomic E-state index is 12.7. The summed E-state index contributed by atoms with van der Waals surface area (Å²) in [5.41, 5.74) is 0.955. The van der Waals surface area contributed by atoms with E-state index in [1.54, 1.807) is 48.5 Å². The molecule has 2 amide bonds. The van der Waals surface area contributed by atoms with Gasteiger partial charge in [-0.1, -0.05) is 12.1 Å². The minimum atomic E-state index is -1.11. The second-order valence-electron chi connectivity index (χ2n) is 6.76. The number of nitrogens with one attached hydrogen (secondary N) is 2. The average molecular weight is 364 g/mol. The molecule has 0 bridgehead atoms. The lowest BCUT2D eigenvalue weighted by Gasteiger charge is -2.16. The van der Waals surface area contributed by atoms with E-state index in [0.717, 1.165) is 0 Å². The molecule has 138 valence electrons. The first-order valence-corrected chi connectivity index (χ1v) is 8.67. The molecule has 6 nitrogen and oxygen atoms in total. The zero-order valence-corrected chi connectivity index (χ0v) is 15.2. The first kappa shape index (κ1) is 18.5. The molecule has 1 aliphatic rings. The molecule has 1 aliphatic carbocycles. The van der Waals surface area contributed by atoms with Gasteiger partial charge < -0.3 is 10.6 Å². The SMILES string of the molecule is CC(=O)c1ccc(NC(=O)C2(C(=O)Nc3cccc(C(C)=O)c3)CC2)cc1. The summed E-state index contributed by atoms with van der Waals surface area (Å²) in [5, 5.41) is 5.48. The van der Waals surface area contributed by atoms with Crippen LogP contribution in [0.1, 0.15) is 47.4 Å². The lowest BCUT2D eigenvalue weighted by atomic mass is 10.0. The Balaban J connectivity index is 1.69. The van der Waals surface area contributed by atoms with Crippen LogP contribution in [0.15, 0.2) is 48.5 Å². The van der Waals surface area contributed by atoms with Gasteiger partial charge in [0.05, 0.1) is 0 Å². The summed E-state index contributed by atoms with van der Waals surface area (Å²) >= 11 is 0. The second kappa shape index (κ2) is 7.15. The molecular formula is C21H20N2O4. The molecule has 27 heavy (non-hydrogen) atoms. The summed E-state index contributed by atoms with van der Waals surface area (Å²) in [4.78, 5) is 48.1. The maximum absolute atomic E-state index is 12.7.